The molecule has 1 rings (SSSR count). The highest BCUT2D eigenvalue weighted by Crippen LogP contribution is 2.24. The van der Waals surface area contributed by atoms with Gasteiger partial charge in [0.15, 0.2) is 0 Å². The molecule has 0 unspecified atom stereocenters. The van der Waals surface area contributed by atoms with Gasteiger partial charge in [-0.1, -0.05) is 6.08 Å². The number of nitro groups is 1. The highest BCUT2D eigenvalue weighted by atomic mass is 16.6. The average Bonchev–Trinajstić information content (AvgIpc) is 2.37. The smallest absolute Gasteiger partial charge is 0.282 e. The molecule has 7 heteroatoms. The van der Waals surface area contributed by atoms with Crippen LogP contribution in [0.5, 0.6) is 5.75 Å². The highest BCUT2D eigenvalue weighted by molar-refractivity contribution is 5.98. The molecule has 0 aromatic heterocycles. The predicted octanol–water partition coefficient (Wildman–Crippen LogP) is 0.921. The number of amides is 1. The van der Waals surface area contributed by atoms with Crippen LogP contribution in [-0.4, -0.2) is 45.6 Å². The second-order valence-corrected chi connectivity index (χ2v) is 3.72. The minimum atomic E-state index is -0.697. The van der Waals surface area contributed by atoms with Crippen LogP contribution in [-0.2, 0) is 0 Å². The molecular weight excluding hydrogens is 252 g/mol. The third-order valence-electron chi connectivity index (χ3n) is 2.41. The van der Waals surface area contributed by atoms with E-state index < -0.39 is 16.5 Å². The minimum absolute atomic E-state index is 0.0255. The van der Waals surface area contributed by atoms with Crippen LogP contribution in [0.3, 0.4) is 0 Å². The Bertz CT molecular complexity index is 501. The lowest BCUT2D eigenvalue weighted by Crippen LogP contribution is -2.34. The van der Waals surface area contributed by atoms with Crippen molar-refractivity contribution in [3.05, 3.63) is 46.5 Å². The van der Waals surface area contributed by atoms with E-state index in [0.717, 1.165) is 18.2 Å². The van der Waals surface area contributed by atoms with Gasteiger partial charge in [-0.15, -0.1) is 6.58 Å². The zero-order chi connectivity index (χ0) is 14.4. The Balaban J connectivity index is 3.18. The number of aromatic hydroxyl groups is 1. The number of benzene rings is 1. The lowest BCUT2D eigenvalue weighted by Gasteiger charge is -2.19. The Morgan fingerprint density at radius 3 is 2.74 bits per heavy atom. The van der Waals surface area contributed by atoms with E-state index in [2.05, 4.69) is 6.58 Å². The summed E-state index contributed by atoms with van der Waals surface area (Å²) in [4.78, 5) is 23.5. The lowest BCUT2D eigenvalue weighted by atomic mass is 10.1. The van der Waals surface area contributed by atoms with E-state index in [9.17, 15) is 20.0 Å². The molecule has 0 saturated heterocycles. The van der Waals surface area contributed by atoms with Crippen molar-refractivity contribution in [1.29, 1.82) is 0 Å². The number of phenols is 1. The maximum atomic E-state index is 12.2. The normalized spacial score (nSPS) is 9.95. The maximum absolute atomic E-state index is 12.2. The molecule has 0 aliphatic carbocycles. The highest BCUT2D eigenvalue weighted by Gasteiger charge is 2.24. The first-order valence-electron chi connectivity index (χ1n) is 5.49. The maximum Gasteiger partial charge on any atom is 0.282 e. The van der Waals surface area contributed by atoms with Crippen molar-refractivity contribution in [3.8, 4) is 5.75 Å². The molecule has 0 aliphatic rings. The molecule has 1 aromatic carbocycles. The summed E-state index contributed by atoms with van der Waals surface area (Å²) >= 11 is 0. The molecule has 0 radical (unpaired) electrons. The van der Waals surface area contributed by atoms with Gasteiger partial charge in [-0.05, 0) is 12.1 Å². The monoisotopic (exact) mass is 266 g/mol. The molecular formula is C12H14N2O5. The number of aliphatic hydroxyl groups is 1. The Kier molecular flexibility index (Phi) is 5.01. The van der Waals surface area contributed by atoms with E-state index in [-0.39, 0.29) is 31.0 Å². The summed E-state index contributed by atoms with van der Waals surface area (Å²) in [6.45, 7) is 3.37. The van der Waals surface area contributed by atoms with Crippen LogP contribution in [0.25, 0.3) is 0 Å². The van der Waals surface area contributed by atoms with Gasteiger partial charge in [0.25, 0.3) is 11.6 Å². The van der Waals surface area contributed by atoms with Gasteiger partial charge < -0.3 is 15.1 Å². The summed E-state index contributed by atoms with van der Waals surface area (Å²) in [5.74, 6) is -0.881. The van der Waals surface area contributed by atoms with E-state index >= 15 is 0 Å². The Hall–Kier alpha value is -2.41. The van der Waals surface area contributed by atoms with Crippen molar-refractivity contribution in [3.63, 3.8) is 0 Å². The number of carbonyl (C=O) groups excluding carboxylic acids is 1. The number of hydrogen-bond acceptors (Lipinski definition) is 5. The Morgan fingerprint density at radius 2 is 2.21 bits per heavy atom. The number of nitrogens with zero attached hydrogens (tertiary/aromatic N) is 2. The van der Waals surface area contributed by atoms with Gasteiger partial charge in [0.1, 0.15) is 11.3 Å². The zero-order valence-electron chi connectivity index (χ0n) is 10.2. The van der Waals surface area contributed by atoms with E-state index in [1.807, 2.05) is 0 Å². The van der Waals surface area contributed by atoms with Crippen molar-refractivity contribution in [1.82, 2.24) is 4.90 Å². The van der Waals surface area contributed by atoms with Crippen LogP contribution in [0, 0.1) is 10.1 Å². The summed E-state index contributed by atoms with van der Waals surface area (Å²) < 4.78 is 0. The first-order valence-corrected chi connectivity index (χ1v) is 5.49. The largest absolute Gasteiger partial charge is 0.508 e. The van der Waals surface area contributed by atoms with Crippen LogP contribution in [0.2, 0.25) is 0 Å². The number of rotatable bonds is 6. The predicted molar refractivity (Wildman–Crippen MR) is 67.9 cm³/mol. The van der Waals surface area contributed by atoms with Gasteiger partial charge in [-0.2, -0.15) is 0 Å². The van der Waals surface area contributed by atoms with E-state index in [0.29, 0.717) is 0 Å². The fraction of sp³-hybridized carbons (Fsp3) is 0.250. The third-order valence-corrected chi connectivity index (χ3v) is 2.41. The average molecular weight is 266 g/mol. The van der Waals surface area contributed by atoms with E-state index in [1.165, 1.54) is 11.0 Å². The first-order chi connectivity index (χ1) is 9.01. The molecule has 19 heavy (non-hydrogen) atoms. The van der Waals surface area contributed by atoms with Gasteiger partial charge in [0.05, 0.1) is 11.5 Å². The number of aliphatic hydroxyl groups excluding tert-OH is 1. The molecule has 7 nitrogen and oxygen atoms in total. The van der Waals surface area contributed by atoms with Gasteiger partial charge in [-0.3, -0.25) is 14.9 Å². The zero-order valence-corrected chi connectivity index (χ0v) is 10.2. The van der Waals surface area contributed by atoms with E-state index in [4.69, 9.17) is 5.11 Å². The quantitative estimate of drug-likeness (QED) is 0.452. The molecule has 0 aliphatic heterocycles. The van der Waals surface area contributed by atoms with Gasteiger partial charge >= 0.3 is 0 Å². The standard InChI is InChI=1S/C12H14N2O5/c1-2-5-13(6-7-15)12(17)10-8-9(16)3-4-11(10)14(18)19/h2-4,8,15-16H,1,5-7H2. The number of hydrogen-bond donors (Lipinski definition) is 2. The second kappa shape index (κ2) is 6.50. The molecule has 0 bridgehead atoms. The first kappa shape index (κ1) is 14.7. The van der Waals surface area contributed by atoms with E-state index in [1.54, 1.807) is 0 Å². The van der Waals surface area contributed by atoms with Crippen molar-refractivity contribution >= 4 is 11.6 Å². The van der Waals surface area contributed by atoms with Crippen molar-refractivity contribution in [2.45, 2.75) is 0 Å². The number of phenolic OH excluding ortho intramolecular Hbond substituents is 1. The Morgan fingerprint density at radius 1 is 1.53 bits per heavy atom. The van der Waals surface area contributed by atoms with Crippen LogP contribution in [0.15, 0.2) is 30.9 Å². The Labute approximate surface area is 109 Å². The molecule has 2 N–H and O–H groups in total. The van der Waals surface area contributed by atoms with Crippen molar-refractivity contribution in [2.24, 2.45) is 0 Å². The van der Waals surface area contributed by atoms with Gasteiger partial charge in [0, 0.05) is 19.2 Å². The van der Waals surface area contributed by atoms with Gasteiger partial charge in [-0.25, -0.2) is 0 Å². The molecule has 0 heterocycles. The molecule has 0 fully saturated rings. The van der Waals surface area contributed by atoms with Crippen LogP contribution in [0.4, 0.5) is 5.69 Å². The number of nitro benzene ring substituents is 1. The molecule has 0 atom stereocenters. The minimum Gasteiger partial charge on any atom is -0.508 e. The second-order valence-electron chi connectivity index (χ2n) is 3.72. The van der Waals surface area contributed by atoms with Gasteiger partial charge in [0.2, 0.25) is 0 Å². The molecule has 1 aromatic rings. The molecule has 1 amide bonds. The summed E-state index contributed by atoms with van der Waals surface area (Å²) in [6, 6.07) is 3.24. The molecule has 102 valence electrons. The fourth-order valence-electron chi connectivity index (χ4n) is 1.58. The van der Waals surface area contributed by atoms with Crippen LogP contribution >= 0.6 is 0 Å². The fourth-order valence-corrected chi connectivity index (χ4v) is 1.58. The number of carbonyl (C=O) groups is 1. The summed E-state index contributed by atoms with van der Waals surface area (Å²) in [5.41, 5.74) is -0.616. The summed E-state index contributed by atoms with van der Waals surface area (Å²) in [5, 5.41) is 29.1. The third kappa shape index (κ3) is 3.52. The molecule has 0 saturated carbocycles. The lowest BCUT2D eigenvalue weighted by molar-refractivity contribution is -0.385. The van der Waals surface area contributed by atoms with Crippen molar-refractivity contribution in [2.75, 3.05) is 19.7 Å². The van der Waals surface area contributed by atoms with Crippen LogP contribution < -0.4 is 0 Å². The summed E-state index contributed by atoms with van der Waals surface area (Å²) in [7, 11) is 0. The topological polar surface area (TPSA) is 104 Å². The SMILES string of the molecule is C=CCN(CCO)C(=O)c1cc(O)ccc1[N+](=O)[O-]. The van der Waals surface area contributed by atoms with Crippen molar-refractivity contribution < 1.29 is 19.9 Å². The summed E-state index contributed by atoms with van der Waals surface area (Å²) in [6.07, 6.45) is 1.45. The van der Waals surface area contributed by atoms with Crippen LogP contribution in [0.1, 0.15) is 10.4 Å². The molecule has 0 spiro atoms.